The van der Waals surface area contributed by atoms with Gasteiger partial charge in [0.2, 0.25) is 17.8 Å². The minimum atomic E-state index is -0.864. The van der Waals surface area contributed by atoms with E-state index in [1.54, 1.807) is 54.7 Å². The molecule has 0 spiro atoms. The average molecular weight is 427 g/mol. The fourth-order valence-electron chi connectivity index (χ4n) is 2.62. The van der Waals surface area contributed by atoms with Gasteiger partial charge < -0.3 is 10.6 Å². The molecule has 154 valence electrons. The normalized spacial score (nSPS) is 15.5. The Bertz CT molecular complexity index is 1020. The number of aliphatic imine (C=N–C) groups is 1. The maximum absolute atomic E-state index is 12.3. The lowest BCUT2D eigenvalue weighted by atomic mass is 10.2. The van der Waals surface area contributed by atoms with Crippen LogP contribution in [-0.4, -0.2) is 35.9 Å². The van der Waals surface area contributed by atoms with Crippen molar-refractivity contribution in [2.24, 2.45) is 10.1 Å². The summed E-state index contributed by atoms with van der Waals surface area (Å²) in [5, 5.41) is 12.5. The summed E-state index contributed by atoms with van der Waals surface area (Å²) in [5.41, 5.74) is 4.51. The van der Waals surface area contributed by atoms with Crippen molar-refractivity contribution < 1.29 is 14.4 Å². The highest BCUT2D eigenvalue weighted by Crippen LogP contribution is 2.16. The lowest BCUT2D eigenvalue weighted by molar-refractivity contribution is -0.123. The number of amides is 3. The lowest BCUT2D eigenvalue weighted by Crippen LogP contribution is -2.35. The van der Waals surface area contributed by atoms with Crippen LogP contribution in [0.1, 0.15) is 18.9 Å². The Kier molecular flexibility index (Phi) is 6.76. The van der Waals surface area contributed by atoms with Crippen LogP contribution in [0.5, 0.6) is 0 Å². The first-order valence-electron chi connectivity index (χ1n) is 9.00. The van der Waals surface area contributed by atoms with Crippen LogP contribution in [0.3, 0.4) is 0 Å². The first kappa shape index (κ1) is 21.0. The molecule has 10 heteroatoms. The molecular weight excluding hydrogens is 408 g/mol. The van der Waals surface area contributed by atoms with Crippen LogP contribution in [0.25, 0.3) is 0 Å². The topological polar surface area (TPSA) is 124 Å². The van der Waals surface area contributed by atoms with Crippen LogP contribution in [-0.2, 0) is 14.4 Å². The molecular formula is C20H19ClN6O3. The molecule has 2 aromatic rings. The van der Waals surface area contributed by atoms with Gasteiger partial charge >= 0.3 is 0 Å². The Morgan fingerprint density at radius 3 is 2.57 bits per heavy atom. The molecule has 1 aliphatic rings. The number of hydrogen-bond donors (Lipinski definition) is 4. The summed E-state index contributed by atoms with van der Waals surface area (Å²) < 4.78 is 0. The number of benzene rings is 2. The van der Waals surface area contributed by atoms with Crippen molar-refractivity contribution in [2.75, 3.05) is 10.6 Å². The van der Waals surface area contributed by atoms with Gasteiger partial charge in [0.05, 0.1) is 12.6 Å². The zero-order valence-corrected chi connectivity index (χ0v) is 16.7. The van der Waals surface area contributed by atoms with Crippen LogP contribution in [0.4, 0.5) is 11.4 Å². The molecule has 1 atom stereocenters. The molecule has 4 N–H and O–H groups in total. The summed E-state index contributed by atoms with van der Waals surface area (Å²) in [6.45, 7) is 1.40. The minimum absolute atomic E-state index is 0.137. The Balaban J connectivity index is 1.54. The van der Waals surface area contributed by atoms with Gasteiger partial charge in [-0.1, -0.05) is 29.8 Å². The molecule has 3 amide bonds. The van der Waals surface area contributed by atoms with Crippen LogP contribution >= 0.6 is 11.6 Å². The molecule has 0 fully saturated rings. The summed E-state index contributed by atoms with van der Waals surface area (Å²) in [4.78, 5) is 39.6. The number of carbonyl (C=O) groups excluding carboxylic acids is 3. The van der Waals surface area contributed by atoms with Gasteiger partial charge in [-0.2, -0.15) is 5.10 Å². The zero-order valence-electron chi connectivity index (χ0n) is 16.0. The van der Waals surface area contributed by atoms with Crippen molar-refractivity contribution in [1.82, 2.24) is 10.7 Å². The number of rotatable bonds is 6. The van der Waals surface area contributed by atoms with Crippen molar-refractivity contribution in [3.8, 4) is 0 Å². The van der Waals surface area contributed by atoms with Crippen LogP contribution in [0.15, 0.2) is 58.6 Å². The van der Waals surface area contributed by atoms with E-state index in [-0.39, 0.29) is 24.2 Å². The van der Waals surface area contributed by atoms with Gasteiger partial charge in [0, 0.05) is 23.3 Å². The van der Waals surface area contributed by atoms with Gasteiger partial charge in [0.1, 0.15) is 6.04 Å². The van der Waals surface area contributed by atoms with Gasteiger partial charge in [-0.15, -0.1) is 0 Å². The van der Waals surface area contributed by atoms with Gasteiger partial charge in [-0.25, -0.2) is 10.4 Å². The van der Waals surface area contributed by atoms with Crippen molar-refractivity contribution in [2.45, 2.75) is 19.4 Å². The number of guanidine groups is 1. The van der Waals surface area contributed by atoms with E-state index in [0.29, 0.717) is 16.4 Å². The van der Waals surface area contributed by atoms with Crippen LogP contribution < -0.4 is 21.4 Å². The van der Waals surface area contributed by atoms with Gasteiger partial charge in [-0.3, -0.25) is 19.7 Å². The Hall–Kier alpha value is -3.72. The minimum Gasteiger partial charge on any atom is -0.326 e. The second-order valence-electron chi connectivity index (χ2n) is 6.42. The van der Waals surface area contributed by atoms with Crippen LogP contribution in [0, 0.1) is 0 Å². The van der Waals surface area contributed by atoms with Crippen molar-refractivity contribution in [3.63, 3.8) is 0 Å². The van der Waals surface area contributed by atoms with Gasteiger partial charge in [-0.05, 0) is 35.9 Å². The highest BCUT2D eigenvalue weighted by Gasteiger charge is 2.28. The summed E-state index contributed by atoms with van der Waals surface area (Å²) in [5.74, 6) is -0.837. The maximum Gasteiger partial charge on any atom is 0.252 e. The summed E-state index contributed by atoms with van der Waals surface area (Å²) in [6, 6.07) is 12.9. The number of carbonyl (C=O) groups is 3. The Morgan fingerprint density at radius 2 is 1.87 bits per heavy atom. The summed E-state index contributed by atoms with van der Waals surface area (Å²) >= 11 is 5.83. The average Bonchev–Trinajstić information content (AvgIpc) is 3.02. The molecule has 2 aromatic carbocycles. The van der Waals surface area contributed by atoms with E-state index in [4.69, 9.17) is 11.6 Å². The molecule has 0 radical (unpaired) electrons. The monoisotopic (exact) mass is 426 g/mol. The molecule has 0 saturated carbocycles. The number of nitrogens with one attached hydrogen (secondary N) is 4. The molecule has 0 aromatic heterocycles. The number of anilines is 2. The molecule has 1 heterocycles. The van der Waals surface area contributed by atoms with E-state index in [1.165, 1.54) is 6.92 Å². The van der Waals surface area contributed by atoms with Crippen LogP contribution in [0.2, 0.25) is 5.02 Å². The molecule has 0 unspecified atom stereocenters. The van der Waals surface area contributed by atoms with Gasteiger partial charge in [0.15, 0.2) is 0 Å². The summed E-state index contributed by atoms with van der Waals surface area (Å²) in [7, 11) is 0. The zero-order chi connectivity index (χ0) is 21.5. The van der Waals surface area contributed by atoms with E-state index in [0.717, 1.165) is 5.56 Å². The van der Waals surface area contributed by atoms with Gasteiger partial charge in [0.25, 0.3) is 5.91 Å². The van der Waals surface area contributed by atoms with Crippen molar-refractivity contribution in [1.29, 1.82) is 0 Å². The maximum atomic E-state index is 12.3. The predicted molar refractivity (Wildman–Crippen MR) is 116 cm³/mol. The SMILES string of the molecule is CC(=O)Nc1cccc(NC(=O)C[C@H]2N=C(N/N=C\c3ccc(Cl)cc3)NC2=O)c1. The smallest absolute Gasteiger partial charge is 0.252 e. The molecule has 9 nitrogen and oxygen atoms in total. The third-order valence-electron chi connectivity index (χ3n) is 3.93. The molecule has 0 bridgehead atoms. The standard InChI is InChI=1S/C20H19ClN6O3/c1-12(28)23-15-3-2-4-16(9-15)24-18(29)10-17-19(30)26-20(25-17)27-22-11-13-5-7-14(21)8-6-13/h2-9,11,17H,10H2,1H3,(H,23,28)(H,24,29)(H2,25,26,27,30)/b22-11-/t17-/m1/s1. The molecule has 30 heavy (non-hydrogen) atoms. The predicted octanol–water partition coefficient (Wildman–Crippen LogP) is 2.11. The second-order valence-corrected chi connectivity index (χ2v) is 6.86. The molecule has 3 rings (SSSR count). The highest BCUT2D eigenvalue weighted by atomic mass is 35.5. The third-order valence-corrected chi connectivity index (χ3v) is 4.18. The second kappa shape index (κ2) is 9.66. The molecule has 1 aliphatic heterocycles. The highest BCUT2D eigenvalue weighted by molar-refractivity contribution is 6.30. The largest absolute Gasteiger partial charge is 0.326 e. The Labute approximate surface area is 177 Å². The fraction of sp³-hybridized carbons (Fsp3) is 0.150. The quantitative estimate of drug-likeness (QED) is 0.417. The van der Waals surface area contributed by atoms with E-state index >= 15 is 0 Å². The van der Waals surface area contributed by atoms with Crippen molar-refractivity contribution in [3.05, 3.63) is 59.1 Å². The summed E-state index contributed by atoms with van der Waals surface area (Å²) in [6.07, 6.45) is 1.41. The van der Waals surface area contributed by atoms with E-state index in [9.17, 15) is 14.4 Å². The first-order chi connectivity index (χ1) is 14.4. The third kappa shape index (κ3) is 6.14. The van der Waals surface area contributed by atoms with E-state index in [1.807, 2.05) is 0 Å². The fourth-order valence-corrected chi connectivity index (χ4v) is 2.75. The lowest BCUT2D eigenvalue weighted by Gasteiger charge is -2.09. The number of hydrogen-bond acceptors (Lipinski definition) is 6. The van der Waals surface area contributed by atoms with Crippen molar-refractivity contribution >= 4 is 52.9 Å². The first-order valence-corrected chi connectivity index (χ1v) is 9.37. The van der Waals surface area contributed by atoms with E-state index < -0.39 is 11.9 Å². The number of hydrazone groups is 1. The Morgan fingerprint density at radius 1 is 1.17 bits per heavy atom. The molecule has 0 aliphatic carbocycles. The van der Waals surface area contributed by atoms with E-state index in [2.05, 4.69) is 31.5 Å². The number of nitrogens with zero attached hydrogens (tertiary/aromatic N) is 2. The molecule has 0 saturated heterocycles. The number of halogens is 1.